The highest BCUT2D eigenvalue weighted by atomic mass is 15.4. The fourth-order valence-corrected chi connectivity index (χ4v) is 1.38. The van der Waals surface area contributed by atoms with Gasteiger partial charge in [0.25, 0.3) is 0 Å². The van der Waals surface area contributed by atoms with Crippen molar-refractivity contribution < 1.29 is 0 Å². The van der Waals surface area contributed by atoms with Crippen molar-refractivity contribution >= 4 is 0 Å². The van der Waals surface area contributed by atoms with Gasteiger partial charge in [-0.05, 0) is 24.6 Å². The van der Waals surface area contributed by atoms with Crippen LogP contribution < -0.4 is 0 Å². The van der Waals surface area contributed by atoms with Crippen LogP contribution in [-0.4, -0.2) is 27.8 Å². The molecule has 1 aromatic rings. The first-order chi connectivity index (χ1) is 6.67. The van der Waals surface area contributed by atoms with E-state index < -0.39 is 0 Å². The van der Waals surface area contributed by atoms with Crippen LogP contribution >= 0.6 is 0 Å². The average Bonchev–Trinajstić information content (AvgIpc) is 2.62. The lowest BCUT2D eigenvalue weighted by molar-refractivity contribution is 0.229. The van der Waals surface area contributed by atoms with Gasteiger partial charge >= 0.3 is 0 Å². The average molecular weight is 195 g/mol. The Morgan fingerprint density at radius 2 is 2.00 bits per heavy atom. The maximum absolute atomic E-state index is 4.35. The normalized spacial score (nSPS) is 11.6. The zero-order valence-corrected chi connectivity index (χ0v) is 9.70. The standard InChI is InChI=1S/C11H21N3/c1-5-13(6-2)9-14-8-11(7-12-14)10(3)4/h7-8,10H,5-6,9H2,1-4H3. The Morgan fingerprint density at radius 1 is 1.36 bits per heavy atom. The first-order valence-corrected chi connectivity index (χ1v) is 5.42. The van der Waals surface area contributed by atoms with E-state index in [-0.39, 0.29) is 0 Å². The number of aromatic nitrogens is 2. The summed E-state index contributed by atoms with van der Waals surface area (Å²) >= 11 is 0. The summed E-state index contributed by atoms with van der Waals surface area (Å²) in [6, 6.07) is 0. The van der Waals surface area contributed by atoms with Crippen LogP contribution in [-0.2, 0) is 6.67 Å². The van der Waals surface area contributed by atoms with Gasteiger partial charge in [0, 0.05) is 6.20 Å². The summed E-state index contributed by atoms with van der Waals surface area (Å²) in [4.78, 5) is 2.34. The van der Waals surface area contributed by atoms with Crippen LogP contribution in [0.4, 0.5) is 0 Å². The van der Waals surface area contributed by atoms with Gasteiger partial charge in [-0.1, -0.05) is 27.7 Å². The van der Waals surface area contributed by atoms with E-state index in [1.807, 2.05) is 10.9 Å². The molecule has 0 saturated carbocycles. The van der Waals surface area contributed by atoms with Crippen molar-refractivity contribution in [2.24, 2.45) is 0 Å². The molecular formula is C11H21N3. The fraction of sp³-hybridized carbons (Fsp3) is 0.727. The van der Waals surface area contributed by atoms with Gasteiger partial charge in [-0.3, -0.25) is 9.58 Å². The van der Waals surface area contributed by atoms with E-state index in [9.17, 15) is 0 Å². The van der Waals surface area contributed by atoms with Crippen LogP contribution in [0.25, 0.3) is 0 Å². The van der Waals surface area contributed by atoms with Crippen molar-refractivity contribution in [3.05, 3.63) is 18.0 Å². The van der Waals surface area contributed by atoms with Gasteiger partial charge in [-0.25, -0.2) is 0 Å². The van der Waals surface area contributed by atoms with Crippen molar-refractivity contribution in [2.75, 3.05) is 13.1 Å². The summed E-state index contributed by atoms with van der Waals surface area (Å²) < 4.78 is 2.02. The molecule has 0 spiro atoms. The van der Waals surface area contributed by atoms with E-state index in [1.54, 1.807) is 0 Å². The molecule has 0 fully saturated rings. The summed E-state index contributed by atoms with van der Waals surface area (Å²) in [7, 11) is 0. The highest BCUT2D eigenvalue weighted by Crippen LogP contribution is 2.12. The quantitative estimate of drug-likeness (QED) is 0.719. The summed E-state index contributed by atoms with van der Waals surface area (Å²) in [6.07, 6.45) is 4.11. The largest absolute Gasteiger partial charge is 0.285 e. The van der Waals surface area contributed by atoms with Gasteiger partial charge in [-0.15, -0.1) is 0 Å². The third-order valence-electron chi connectivity index (χ3n) is 2.56. The zero-order chi connectivity index (χ0) is 10.6. The molecule has 0 aliphatic heterocycles. The topological polar surface area (TPSA) is 21.1 Å². The fourth-order valence-electron chi connectivity index (χ4n) is 1.38. The number of rotatable bonds is 5. The molecule has 0 unspecified atom stereocenters. The Labute approximate surface area is 86.7 Å². The lowest BCUT2D eigenvalue weighted by atomic mass is 10.1. The monoisotopic (exact) mass is 195 g/mol. The number of hydrogen-bond acceptors (Lipinski definition) is 2. The molecule has 0 aromatic carbocycles. The van der Waals surface area contributed by atoms with E-state index in [2.05, 4.69) is 43.9 Å². The number of hydrogen-bond donors (Lipinski definition) is 0. The van der Waals surface area contributed by atoms with Crippen LogP contribution in [0.3, 0.4) is 0 Å². The van der Waals surface area contributed by atoms with Crippen molar-refractivity contribution in [1.29, 1.82) is 0 Å². The minimum absolute atomic E-state index is 0.570. The van der Waals surface area contributed by atoms with Crippen LogP contribution in [0.2, 0.25) is 0 Å². The van der Waals surface area contributed by atoms with Crippen molar-refractivity contribution in [3.8, 4) is 0 Å². The molecular weight excluding hydrogens is 174 g/mol. The first-order valence-electron chi connectivity index (χ1n) is 5.42. The maximum Gasteiger partial charge on any atom is 0.0928 e. The van der Waals surface area contributed by atoms with Crippen molar-refractivity contribution in [2.45, 2.75) is 40.3 Å². The van der Waals surface area contributed by atoms with Crippen molar-refractivity contribution in [1.82, 2.24) is 14.7 Å². The number of nitrogens with zero attached hydrogens (tertiary/aromatic N) is 3. The molecule has 0 bridgehead atoms. The molecule has 0 N–H and O–H groups in total. The Bertz CT molecular complexity index is 261. The predicted molar refractivity (Wildman–Crippen MR) is 59.2 cm³/mol. The molecule has 14 heavy (non-hydrogen) atoms. The highest BCUT2D eigenvalue weighted by molar-refractivity contribution is 5.08. The molecule has 0 aliphatic rings. The van der Waals surface area contributed by atoms with Crippen LogP contribution in [0.15, 0.2) is 12.4 Å². The van der Waals surface area contributed by atoms with Gasteiger partial charge in [-0.2, -0.15) is 5.10 Å². The molecule has 1 heterocycles. The Hall–Kier alpha value is -0.830. The van der Waals surface area contributed by atoms with E-state index >= 15 is 0 Å². The van der Waals surface area contributed by atoms with E-state index in [0.717, 1.165) is 19.8 Å². The zero-order valence-electron chi connectivity index (χ0n) is 9.70. The van der Waals surface area contributed by atoms with E-state index in [4.69, 9.17) is 0 Å². The Balaban J connectivity index is 2.58. The Morgan fingerprint density at radius 3 is 2.43 bits per heavy atom. The molecule has 0 radical (unpaired) electrons. The lowest BCUT2D eigenvalue weighted by Gasteiger charge is -2.17. The Kier molecular flexibility index (Phi) is 4.14. The van der Waals surface area contributed by atoms with E-state index in [0.29, 0.717) is 5.92 Å². The second-order valence-electron chi connectivity index (χ2n) is 3.91. The molecule has 0 atom stereocenters. The second-order valence-corrected chi connectivity index (χ2v) is 3.91. The molecule has 3 heteroatoms. The molecule has 0 amide bonds. The molecule has 0 aliphatic carbocycles. The third-order valence-corrected chi connectivity index (χ3v) is 2.56. The first kappa shape index (κ1) is 11.2. The van der Waals surface area contributed by atoms with Crippen LogP contribution in [0.5, 0.6) is 0 Å². The van der Waals surface area contributed by atoms with E-state index in [1.165, 1.54) is 5.56 Å². The van der Waals surface area contributed by atoms with Gasteiger partial charge < -0.3 is 0 Å². The van der Waals surface area contributed by atoms with Gasteiger partial charge in [0.15, 0.2) is 0 Å². The second kappa shape index (κ2) is 5.15. The molecule has 1 rings (SSSR count). The summed E-state index contributed by atoms with van der Waals surface area (Å²) in [5.41, 5.74) is 1.32. The smallest absolute Gasteiger partial charge is 0.0928 e. The summed E-state index contributed by atoms with van der Waals surface area (Å²) in [6.45, 7) is 11.8. The van der Waals surface area contributed by atoms with Crippen LogP contribution in [0.1, 0.15) is 39.2 Å². The molecule has 0 saturated heterocycles. The highest BCUT2D eigenvalue weighted by Gasteiger charge is 2.04. The minimum Gasteiger partial charge on any atom is -0.285 e. The van der Waals surface area contributed by atoms with Crippen LogP contribution in [0, 0.1) is 0 Å². The molecule has 3 nitrogen and oxygen atoms in total. The van der Waals surface area contributed by atoms with Gasteiger partial charge in [0.2, 0.25) is 0 Å². The summed E-state index contributed by atoms with van der Waals surface area (Å²) in [5.74, 6) is 0.570. The minimum atomic E-state index is 0.570. The summed E-state index contributed by atoms with van der Waals surface area (Å²) in [5, 5.41) is 4.35. The molecule has 80 valence electrons. The predicted octanol–water partition coefficient (Wildman–Crippen LogP) is 2.31. The van der Waals surface area contributed by atoms with Crippen molar-refractivity contribution in [3.63, 3.8) is 0 Å². The SMILES string of the molecule is CCN(CC)Cn1cc(C(C)C)cn1. The van der Waals surface area contributed by atoms with Gasteiger partial charge in [0.1, 0.15) is 0 Å². The lowest BCUT2D eigenvalue weighted by Crippen LogP contribution is -2.26. The maximum atomic E-state index is 4.35. The van der Waals surface area contributed by atoms with Gasteiger partial charge in [0.05, 0.1) is 12.9 Å². The third kappa shape index (κ3) is 2.84. The molecule has 1 aromatic heterocycles.